The normalized spacial score (nSPS) is 11.6. The summed E-state index contributed by atoms with van der Waals surface area (Å²) in [6.45, 7) is 0. The number of carbonyl (C=O) groups excluding carboxylic acids is 1. The molecule has 0 saturated carbocycles. The van der Waals surface area contributed by atoms with E-state index in [4.69, 9.17) is 11.6 Å². The third kappa shape index (κ3) is 4.81. The van der Waals surface area contributed by atoms with Gasteiger partial charge < -0.3 is 5.32 Å². The minimum atomic E-state index is -4.57. The van der Waals surface area contributed by atoms with E-state index in [2.05, 4.69) is 20.3 Å². The predicted molar refractivity (Wildman–Crippen MR) is 116 cm³/mol. The standard InChI is InChI=1S/C20H12ClF3N4OS2/c21-14-6-12(20(22,23)24)7-25-17(14)28-15(29)9-31-19-16-13(11-4-2-1-3-5-11)8-30-18(16)26-10-27-19/h1-8,10H,9H2,(H,25,28,29). The molecule has 0 aliphatic rings. The maximum atomic E-state index is 12.7. The summed E-state index contributed by atoms with van der Waals surface area (Å²) in [6.07, 6.45) is -2.51. The minimum absolute atomic E-state index is 0.0325. The summed E-state index contributed by atoms with van der Waals surface area (Å²) in [5, 5.41) is 5.62. The number of carbonyl (C=O) groups is 1. The van der Waals surface area contributed by atoms with Crippen molar-refractivity contribution in [1.82, 2.24) is 15.0 Å². The molecule has 1 N–H and O–H groups in total. The number of rotatable bonds is 5. The lowest BCUT2D eigenvalue weighted by Crippen LogP contribution is -2.16. The van der Waals surface area contributed by atoms with Crippen LogP contribution in [0.1, 0.15) is 5.56 Å². The molecule has 11 heteroatoms. The lowest BCUT2D eigenvalue weighted by molar-refractivity contribution is -0.137. The number of thioether (sulfide) groups is 1. The van der Waals surface area contributed by atoms with Crippen LogP contribution in [0.4, 0.5) is 19.0 Å². The summed E-state index contributed by atoms with van der Waals surface area (Å²) < 4.78 is 38.2. The van der Waals surface area contributed by atoms with Gasteiger partial charge in [-0.05, 0) is 11.6 Å². The molecule has 0 spiro atoms. The van der Waals surface area contributed by atoms with E-state index in [9.17, 15) is 18.0 Å². The highest BCUT2D eigenvalue weighted by Crippen LogP contribution is 2.38. The van der Waals surface area contributed by atoms with Crippen molar-refractivity contribution in [3.05, 3.63) is 64.9 Å². The smallest absolute Gasteiger partial charge is 0.309 e. The first-order chi connectivity index (χ1) is 14.8. The molecule has 0 aliphatic heterocycles. The number of pyridine rings is 1. The van der Waals surface area contributed by atoms with Crippen LogP contribution in [0.5, 0.6) is 0 Å². The monoisotopic (exact) mass is 480 g/mol. The summed E-state index contributed by atoms with van der Waals surface area (Å²) in [6, 6.07) is 10.5. The number of benzene rings is 1. The molecule has 0 radical (unpaired) electrons. The first kappa shape index (κ1) is 21.5. The molecule has 0 unspecified atom stereocenters. The molecule has 3 aromatic heterocycles. The van der Waals surface area contributed by atoms with Gasteiger partial charge >= 0.3 is 6.18 Å². The number of hydrogen-bond acceptors (Lipinski definition) is 6. The van der Waals surface area contributed by atoms with Gasteiger partial charge in [-0.15, -0.1) is 11.3 Å². The van der Waals surface area contributed by atoms with Gasteiger partial charge in [-0.25, -0.2) is 15.0 Å². The SMILES string of the molecule is O=C(CSc1ncnc2scc(-c3ccccc3)c12)Nc1ncc(C(F)(F)F)cc1Cl. The van der Waals surface area contributed by atoms with Crippen LogP contribution in [0.25, 0.3) is 21.3 Å². The summed E-state index contributed by atoms with van der Waals surface area (Å²) in [5.41, 5.74) is 0.992. The van der Waals surface area contributed by atoms with Gasteiger partial charge in [0.05, 0.1) is 21.7 Å². The van der Waals surface area contributed by atoms with Gasteiger partial charge in [0, 0.05) is 17.1 Å². The lowest BCUT2D eigenvalue weighted by atomic mass is 10.1. The Morgan fingerprint density at radius 2 is 1.94 bits per heavy atom. The second kappa shape index (κ2) is 8.81. The molecular weight excluding hydrogens is 469 g/mol. The molecule has 31 heavy (non-hydrogen) atoms. The first-order valence-electron chi connectivity index (χ1n) is 8.76. The van der Waals surface area contributed by atoms with E-state index in [1.807, 2.05) is 35.7 Å². The zero-order chi connectivity index (χ0) is 22.0. The number of nitrogens with one attached hydrogen (secondary N) is 1. The van der Waals surface area contributed by atoms with Gasteiger partial charge in [0.15, 0.2) is 5.82 Å². The maximum Gasteiger partial charge on any atom is 0.417 e. The zero-order valence-electron chi connectivity index (χ0n) is 15.5. The second-order valence-corrected chi connectivity index (χ2v) is 8.49. The highest BCUT2D eigenvalue weighted by Gasteiger charge is 2.31. The van der Waals surface area contributed by atoms with E-state index in [0.29, 0.717) is 11.2 Å². The molecule has 5 nitrogen and oxygen atoms in total. The van der Waals surface area contributed by atoms with E-state index in [0.717, 1.165) is 27.4 Å². The van der Waals surface area contributed by atoms with Gasteiger partial charge in [-0.2, -0.15) is 13.2 Å². The largest absolute Gasteiger partial charge is 0.417 e. The number of halogens is 4. The Balaban J connectivity index is 1.51. The molecule has 0 atom stereocenters. The van der Waals surface area contributed by atoms with Crippen molar-refractivity contribution in [2.24, 2.45) is 0 Å². The van der Waals surface area contributed by atoms with Gasteiger partial charge in [-0.3, -0.25) is 4.79 Å². The number of alkyl halides is 3. The lowest BCUT2D eigenvalue weighted by Gasteiger charge is -2.10. The molecule has 4 rings (SSSR count). The number of fused-ring (bicyclic) bond motifs is 1. The van der Waals surface area contributed by atoms with Crippen molar-refractivity contribution in [2.75, 3.05) is 11.1 Å². The number of thiophene rings is 1. The van der Waals surface area contributed by atoms with Crippen LogP contribution >= 0.6 is 34.7 Å². The Kier molecular flexibility index (Phi) is 6.12. The third-order valence-corrected chi connectivity index (χ3v) is 6.35. The van der Waals surface area contributed by atoms with Gasteiger partial charge in [0.1, 0.15) is 16.2 Å². The summed E-state index contributed by atoms with van der Waals surface area (Å²) >= 11 is 8.52. The third-order valence-electron chi connectivity index (χ3n) is 4.19. The van der Waals surface area contributed by atoms with Crippen LogP contribution < -0.4 is 5.32 Å². The number of aromatic nitrogens is 3. The van der Waals surface area contributed by atoms with Crippen molar-refractivity contribution in [2.45, 2.75) is 11.2 Å². The molecule has 1 aromatic carbocycles. The molecule has 0 fully saturated rings. The maximum absolute atomic E-state index is 12.7. The fraction of sp³-hybridized carbons (Fsp3) is 0.100. The average molecular weight is 481 g/mol. The Morgan fingerprint density at radius 3 is 2.65 bits per heavy atom. The van der Waals surface area contributed by atoms with Crippen molar-refractivity contribution in [3.8, 4) is 11.1 Å². The van der Waals surface area contributed by atoms with Crippen LogP contribution in [0.3, 0.4) is 0 Å². The highest BCUT2D eigenvalue weighted by molar-refractivity contribution is 8.00. The van der Waals surface area contributed by atoms with E-state index in [1.165, 1.54) is 29.4 Å². The van der Waals surface area contributed by atoms with E-state index >= 15 is 0 Å². The Hall–Kier alpha value is -2.69. The Bertz CT molecular complexity index is 1250. The van der Waals surface area contributed by atoms with E-state index in [-0.39, 0.29) is 16.6 Å². The molecule has 3 heterocycles. The van der Waals surface area contributed by atoms with Gasteiger partial charge in [-0.1, -0.05) is 53.7 Å². The minimum Gasteiger partial charge on any atom is -0.309 e. The second-order valence-electron chi connectivity index (χ2n) is 6.26. The van der Waals surface area contributed by atoms with Gasteiger partial charge in [0.2, 0.25) is 5.91 Å². The summed E-state index contributed by atoms with van der Waals surface area (Å²) in [5.74, 6) is -0.633. The molecule has 0 bridgehead atoms. The Morgan fingerprint density at radius 1 is 1.16 bits per heavy atom. The fourth-order valence-corrected chi connectivity index (χ4v) is 4.78. The zero-order valence-corrected chi connectivity index (χ0v) is 17.9. The molecule has 4 aromatic rings. The van der Waals surface area contributed by atoms with E-state index in [1.54, 1.807) is 0 Å². The molecule has 0 aliphatic carbocycles. The van der Waals surface area contributed by atoms with Crippen LogP contribution in [-0.2, 0) is 11.0 Å². The number of nitrogens with zero attached hydrogens (tertiary/aromatic N) is 3. The topological polar surface area (TPSA) is 67.8 Å². The molecular formula is C20H12ClF3N4OS2. The molecule has 158 valence electrons. The molecule has 1 amide bonds. The summed E-state index contributed by atoms with van der Waals surface area (Å²) in [7, 11) is 0. The highest BCUT2D eigenvalue weighted by atomic mass is 35.5. The van der Waals surface area contributed by atoms with Crippen LogP contribution in [0, 0.1) is 0 Å². The van der Waals surface area contributed by atoms with E-state index < -0.39 is 17.6 Å². The summed E-state index contributed by atoms with van der Waals surface area (Å²) in [4.78, 5) is 25.4. The Labute approximate surface area is 187 Å². The molecule has 0 saturated heterocycles. The fourth-order valence-electron chi connectivity index (χ4n) is 2.77. The van der Waals surface area contributed by atoms with Gasteiger partial charge in [0.25, 0.3) is 0 Å². The van der Waals surface area contributed by atoms with Crippen LogP contribution in [0.15, 0.2) is 59.3 Å². The quantitative estimate of drug-likeness (QED) is 0.274. The van der Waals surface area contributed by atoms with Crippen molar-refractivity contribution in [3.63, 3.8) is 0 Å². The van der Waals surface area contributed by atoms with Crippen molar-refractivity contribution in [1.29, 1.82) is 0 Å². The number of anilines is 1. The predicted octanol–water partition coefficient (Wildman–Crippen LogP) is 6.16. The van der Waals surface area contributed by atoms with Crippen LogP contribution in [0.2, 0.25) is 5.02 Å². The van der Waals surface area contributed by atoms with Crippen molar-refractivity contribution < 1.29 is 18.0 Å². The number of amides is 1. The average Bonchev–Trinajstić information content (AvgIpc) is 3.18. The first-order valence-corrected chi connectivity index (χ1v) is 11.0. The van der Waals surface area contributed by atoms with Crippen LogP contribution in [-0.4, -0.2) is 26.6 Å². The number of hydrogen-bond donors (Lipinski definition) is 1. The van der Waals surface area contributed by atoms with Crippen molar-refractivity contribution >= 4 is 56.6 Å².